The third-order valence-corrected chi connectivity index (χ3v) is 4.14. The first-order valence-corrected chi connectivity index (χ1v) is 8.24. The minimum Gasteiger partial charge on any atom is -0.506 e. The van der Waals surface area contributed by atoms with Gasteiger partial charge < -0.3 is 19.7 Å². The Balaban J connectivity index is 1.83. The van der Waals surface area contributed by atoms with Crippen LogP contribution in [0.1, 0.15) is 22.8 Å². The maximum Gasteiger partial charge on any atom is 0.308 e. The van der Waals surface area contributed by atoms with Crippen LogP contribution in [0, 0.1) is 0 Å². The standard InChI is InChI=1S/C20H18N2O5/c1-12(23)27-14-9-7-13(8-10-14)11-21-19(25)17-18(24)15-5-3-4-6-16(15)22(2)20(17)26/h3-10,24H,11H2,1-2H3,(H,21,25). The molecular weight excluding hydrogens is 348 g/mol. The first kappa shape index (κ1) is 18.2. The third-order valence-electron chi connectivity index (χ3n) is 4.14. The van der Waals surface area contributed by atoms with Crippen molar-refractivity contribution < 1.29 is 19.4 Å². The second-order valence-corrected chi connectivity index (χ2v) is 6.03. The number of para-hydroxylation sites is 1. The number of pyridine rings is 1. The highest BCUT2D eigenvalue weighted by atomic mass is 16.5. The van der Waals surface area contributed by atoms with Crippen LogP contribution in [0.4, 0.5) is 0 Å². The largest absolute Gasteiger partial charge is 0.506 e. The monoisotopic (exact) mass is 366 g/mol. The second kappa shape index (κ2) is 7.33. The number of nitrogens with zero attached hydrogens (tertiary/aromatic N) is 1. The molecule has 3 rings (SSSR count). The lowest BCUT2D eigenvalue weighted by Crippen LogP contribution is -2.32. The van der Waals surface area contributed by atoms with Gasteiger partial charge in [0.1, 0.15) is 17.1 Å². The third kappa shape index (κ3) is 3.67. The number of carbonyl (C=O) groups excluding carboxylic acids is 2. The van der Waals surface area contributed by atoms with Crippen LogP contribution < -0.4 is 15.6 Å². The number of rotatable bonds is 4. The summed E-state index contributed by atoms with van der Waals surface area (Å²) in [7, 11) is 1.55. The van der Waals surface area contributed by atoms with Gasteiger partial charge >= 0.3 is 5.97 Å². The molecule has 0 spiro atoms. The highest BCUT2D eigenvalue weighted by Crippen LogP contribution is 2.25. The molecule has 1 amide bonds. The van der Waals surface area contributed by atoms with E-state index in [2.05, 4.69) is 5.32 Å². The van der Waals surface area contributed by atoms with E-state index >= 15 is 0 Å². The summed E-state index contributed by atoms with van der Waals surface area (Å²) >= 11 is 0. The van der Waals surface area contributed by atoms with Crippen LogP contribution >= 0.6 is 0 Å². The SMILES string of the molecule is CC(=O)Oc1ccc(CNC(=O)c2c(O)c3ccccc3n(C)c2=O)cc1. The first-order chi connectivity index (χ1) is 12.9. The Morgan fingerprint density at radius 2 is 1.78 bits per heavy atom. The van der Waals surface area contributed by atoms with Crippen LogP contribution in [0.2, 0.25) is 0 Å². The Bertz CT molecular complexity index is 1080. The van der Waals surface area contributed by atoms with Gasteiger partial charge in [-0.05, 0) is 29.8 Å². The predicted octanol–water partition coefficient (Wildman–Crippen LogP) is 2.10. The number of benzene rings is 2. The van der Waals surface area contributed by atoms with E-state index in [4.69, 9.17) is 4.74 Å². The van der Waals surface area contributed by atoms with Crippen LogP contribution in [0.3, 0.4) is 0 Å². The molecule has 0 atom stereocenters. The molecule has 0 aliphatic carbocycles. The van der Waals surface area contributed by atoms with Crippen LogP contribution in [-0.4, -0.2) is 21.6 Å². The highest BCUT2D eigenvalue weighted by molar-refractivity contribution is 6.02. The van der Waals surface area contributed by atoms with Gasteiger partial charge in [-0.3, -0.25) is 14.4 Å². The molecule has 2 aromatic carbocycles. The molecule has 7 nitrogen and oxygen atoms in total. The molecule has 2 N–H and O–H groups in total. The minimum atomic E-state index is -0.664. The van der Waals surface area contributed by atoms with Crippen molar-refractivity contribution in [3.8, 4) is 11.5 Å². The van der Waals surface area contributed by atoms with E-state index in [1.807, 2.05) is 0 Å². The summed E-state index contributed by atoms with van der Waals surface area (Å²) in [5.41, 5.74) is 0.413. The van der Waals surface area contributed by atoms with Crippen molar-refractivity contribution in [1.29, 1.82) is 0 Å². The maximum absolute atomic E-state index is 12.5. The molecule has 0 aliphatic rings. The molecule has 0 unspecified atom stereocenters. The summed E-state index contributed by atoms with van der Waals surface area (Å²) in [5, 5.41) is 13.5. The average Bonchev–Trinajstić information content (AvgIpc) is 2.65. The number of aromatic nitrogens is 1. The molecule has 0 aliphatic heterocycles. The van der Waals surface area contributed by atoms with Crippen LogP contribution in [0.25, 0.3) is 10.9 Å². The van der Waals surface area contributed by atoms with E-state index in [1.54, 1.807) is 55.6 Å². The smallest absolute Gasteiger partial charge is 0.308 e. The summed E-state index contributed by atoms with van der Waals surface area (Å²) in [4.78, 5) is 35.9. The molecule has 1 aromatic heterocycles. The maximum atomic E-state index is 12.5. The number of hydrogen-bond acceptors (Lipinski definition) is 5. The zero-order chi connectivity index (χ0) is 19.6. The normalized spacial score (nSPS) is 10.6. The number of aryl methyl sites for hydroxylation is 1. The van der Waals surface area contributed by atoms with Gasteiger partial charge in [0, 0.05) is 25.9 Å². The molecule has 0 radical (unpaired) electrons. The lowest BCUT2D eigenvalue weighted by atomic mass is 10.1. The summed E-state index contributed by atoms with van der Waals surface area (Å²) in [6.07, 6.45) is 0. The van der Waals surface area contributed by atoms with E-state index in [1.165, 1.54) is 11.5 Å². The fourth-order valence-electron chi connectivity index (χ4n) is 2.80. The lowest BCUT2D eigenvalue weighted by Gasteiger charge is -2.12. The quantitative estimate of drug-likeness (QED) is 0.544. The Labute approximate surface area is 154 Å². The number of nitrogens with one attached hydrogen (secondary N) is 1. The van der Waals surface area contributed by atoms with Crippen LogP contribution in [0.5, 0.6) is 11.5 Å². The van der Waals surface area contributed by atoms with Crippen LogP contribution in [0.15, 0.2) is 53.3 Å². The van der Waals surface area contributed by atoms with Gasteiger partial charge in [-0.2, -0.15) is 0 Å². The number of hydrogen-bond donors (Lipinski definition) is 2. The van der Waals surface area contributed by atoms with Crippen molar-refractivity contribution in [2.75, 3.05) is 0 Å². The van der Waals surface area contributed by atoms with Crippen molar-refractivity contribution in [2.24, 2.45) is 7.05 Å². The molecule has 7 heteroatoms. The van der Waals surface area contributed by atoms with Gasteiger partial charge in [0.15, 0.2) is 0 Å². The van der Waals surface area contributed by atoms with Gasteiger partial charge in [0.25, 0.3) is 11.5 Å². The Morgan fingerprint density at radius 3 is 2.44 bits per heavy atom. The van der Waals surface area contributed by atoms with Crippen LogP contribution in [-0.2, 0) is 18.4 Å². The summed E-state index contributed by atoms with van der Waals surface area (Å²) in [6, 6.07) is 13.4. The van der Waals surface area contributed by atoms with Gasteiger partial charge in [0.2, 0.25) is 0 Å². The molecule has 0 saturated carbocycles. The number of aromatic hydroxyl groups is 1. The number of esters is 1. The number of ether oxygens (including phenoxy) is 1. The van der Waals surface area contributed by atoms with E-state index in [9.17, 15) is 19.5 Å². The summed E-state index contributed by atoms with van der Waals surface area (Å²) < 4.78 is 6.28. The predicted molar refractivity (Wildman–Crippen MR) is 99.8 cm³/mol. The minimum absolute atomic E-state index is 0.147. The fraction of sp³-hybridized carbons (Fsp3) is 0.150. The van der Waals surface area contributed by atoms with Crippen molar-refractivity contribution in [2.45, 2.75) is 13.5 Å². The van der Waals surface area contributed by atoms with Crippen molar-refractivity contribution in [3.05, 3.63) is 70.0 Å². The van der Waals surface area contributed by atoms with Gasteiger partial charge in [-0.15, -0.1) is 0 Å². The van der Waals surface area contributed by atoms with Gasteiger partial charge in [-0.25, -0.2) is 0 Å². The van der Waals surface area contributed by atoms with Crippen molar-refractivity contribution in [3.63, 3.8) is 0 Å². The van der Waals surface area contributed by atoms with Crippen molar-refractivity contribution >= 4 is 22.8 Å². The average molecular weight is 366 g/mol. The van der Waals surface area contributed by atoms with Crippen molar-refractivity contribution in [1.82, 2.24) is 9.88 Å². The zero-order valence-corrected chi connectivity index (χ0v) is 14.9. The molecule has 0 fully saturated rings. The fourth-order valence-corrected chi connectivity index (χ4v) is 2.80. The lowest BCUT2D eigenvalue weighted by molar-refractivity contribution is -0.131. The molecule has 1 heterocycles. The van der Waals surface area contributed by atoms with E-state index in [-0.39, 0.29) is 17.9 Å². The zero-order valence-electron chi connectivity index (χ0n) is 14.9. The summed E-state index contributed by atoms with van der Waals surface area (Å²) in [5.74, 6) is -1.02. The van der Waals surface area contributed by atoms with Gasteiger partial charge in [-0.1, -0.05) is 24.3 Å². The second-order valence-electron chi connectivity index (χ2n) is 6.03. The Morgan fingerprint density at radius 1 is 1.11 bits per heavy atom. The van der Waals surface area contributed by atoms with E-state index in [0.717, 1.165) is 5.56 Å². The first-order valence-electron chi connectivity index (χ1n) is 8.24. The number of carbonyl (C=O) groups is 2. The molecule has 0 bridgehead atoms. The summed E-state index contributed by atoms with van der Waals surface area (Å²) in [6.45, 7) is 1.46. The molecule has 3 aromatic rings. The molecule has 138 valence electrons. The van der Waals surface area contributed by atoms with E-state index < -0.39 is 17.4 Å². The highest BCUT2D eigenvalue weighted by Gasteiger charge is 2.20. The molecular formula is C20H18N2O5. The number of amides is 1. The van der Waals surface area contributed by atoms with E-state index in [0.29, 0.717) is 16.7 Å². The Kier molecular flexibility index (Phi) is 4.94. The van der Waals surface area contributed by atoms with Gasteiger partial charge in [0.05, 0.1) is 5.52 Å². The molecule has 27 heavy (non-hydrogen) atoms. The topological polar surface area (TPSA) is 97.6 Å². The molecule has 0 saturated heterocycles. The Hall–Kier alpha value is -3.61. The number of fused-ring (bicyclic) bond motifs is 1.